The SMILES string of the molecule is CSCC12CCCC=C1CC1(CC2)OCCO1. The van der Waals surface area contributed by atoms with Crippen LogP contribution in [0.4, 0.5) is 0 Å². The Balaban J connectivity index is 1.83. The molecule has 1 spiro atoms. The second-order valence-corrected chi connectivity index (χ2v) is 6.49. The van der Waals surface area contributed by atoms with Gasteiger partial charge in [0.15, 0.2) is 5.79 Å². The van der Waals surface area contributed by atoms with Crippen LogP contribution in [0.25, 0.3) is 0 Å². The first-order chi connectivity index (χ1) is 8.29. The Morgan fingerprint density at radius 1 is 1.24 bits per heavy atom. The van der Waals surface area contributed by atoms with Crippen molar-refractivity contribution in [3.05, 3.63) is 11.6 Å². The standard InChI is InChI=1S/C14H22O2S/c1-17-11-13-5-3-2-4-12(13)10-14(7-6-13)15-8-9-16-14/h4H,2-3,5-11H2,1H3. The minimum Gasteiger partial charge on any atom is -0.347 e. The second-order valence-electron chi connectivity index (χ2n) is 5.62. The molecule has 2 nitrogen and oxygen atoms in total. The molecule has 1 heterocycles. The van der Waals surface area contributed by atoms with Gasteiger partial charge in [-0.05, 0) is 31.9 Å². The zero-order chi connectivity index (χ0) is 11.8. The molecule has 17 heavy (non-hydrogen) atoms. The van der Waals surface area contributed by atoms with Gasteiger partial charge in [-0.1, -0.05) is 11.6 Å². The van der Waals surface area contributed by atoms with Gasteiger partial charge in [0.1, 0.15) is 0 Å². The quantitative estimate of drug-likeness (QED) is 0.704. The van der Waals surface area contributed by atoms with Gasteiger partial charge in [0.05, 0.1) is 13.2 Å². The van der Waals surface area contributed by atoms with Crippen molar-refractivity contribution in [3.8, 4) is 0 Å². The van der Waals surface area contributed by atoms with Crippen molar-refractivity contribution in [2.45, 2.75) is 44.3 Å². The molecular weight excluding hydrogens is 232 g/mol. The van der Waals surface area contributed by atoms with Crippen LogP contribution in [0.2, 0.25) is 0 Å². The molecule has 1 unspecified atom stereocenters. The fourth-order valence-corrected chi connectivity index (χ4v) is 4.73. The summed E-state index contributed by atoms with van der Waals surface area (Å²) in [5.74, 6) is 1.03. The van der Waals surface area contributed by atoms with Crippen molar-refractivity contribution >= 4 is 11.8 Å². The second kappa shape index (κ2) is 4.60. The van der Waals surface area contributed by atoms with Crippen LogP contribution in [0.5, 0.6) is 0 Å². The zero-order valence-electron chi connectivity index (χ0n) is 10.7. The molecule has 1 atom stereocenters. The fourth-order valence-electron chi connectivity index (χ4n) is 3.70. The summed E-state index contributed by atoms with van der Waals surface area (Å²) in [6.07, 6.45) is 12.0. The average Bonchev–Trinajstić information content (AvgIpc) is 2.79. The third-order valence-corrected chi connectivity index (χ3v) is 5.45. The Kier molecular flexibility index (Phi) is 3.26. The van der Waals surface area contributed by atoms with E-state index in [1.54, 1.807) is 5.57 Å². The molecule has 0 aromatic rings. The lowest BCUT2D eigenvalue weighted by molar-refractivity contribution is -0.177. The number of ether oxygens (including phenoxy) is 2. The normalized spacial score (nSPS) is 35.7. The van der Waals surface area contributed by atoms with E-state index in [4.69, 9.17) is 9.47 Å². The summed E-state index contributed by atoms with van der Waals surface area (Å²) in [5, 5.41) is 0. The summed E-state index contributed by atoms with van der Waals surface area (Å²) in [7, 11) is 0. The number of hydrogen-bond donors (Lipinski definition) is 0. The van der Waals surface area contributed by atoms with Gasteiger partial charge < -0.3 is 9.47 Å². The van der Waals surface area contributed by atoms with Crippen LogP contribution in [-0.4, -0.2) is 31.0 Å². The average molecular weight is 254 g/mol. The van der Waals surface area contributed by atoms with Gasteiger partial charge >= 0.3 is 0 Å². The zero-order valence-corrected chi connectivity index (χ0v) is 11.5. The molecule has 0 amide bonds. The topological polar surface area (TPSA) is 18.5 Å². The maximum Gasteiger partial charge on any atom is 0.172 e. The molecule has 0 radical (unpaired) electrons. The Bertz CT molecular complexity index is 320. The molecule has 3 rings (SSSR count). The predicted octanol–water partition coefficient (Wildman–Crippen LogP) is 3.37. The number of hydrogen-bond acceptors (Lipinski definition) is 3. The van der Waals surface area contributed by atoms with Gasteiger partial charge in [-0.25, -0.2) is 0 Å². The molecule has 1 saturated heterocycles. The molecule has 96 valence electrons. The minimum absolute atomic E-state index is 0.245. The van der Waals surface area contributed by atoms with Crippen LogP contribution in [0.1, 0.15) is 38.5 Å². The lowest BCUT2D eigenvalue weighted by Gasteiger charge is -2.47. The van der Waals surface area contributed by atoms with Crippen molar-refractivity contribution in [2.75, 3.05) is 25.2 Å². The molecule has 2 aliphatic carbocycles. The monoisotopic (exact) mass is 254 g/mol. The Hall–Kier alpha value is 0.01000. The van der Waals surface area contributed by atoms with E-state index in [1.807, 2.05) is 11.8 Å². The van der Waals surface area contributed by atoms with E-state index in [-0.39, 0.29) is 5.79 Å². The molecule has 1 saturated carbocycles. The molecule has 1 aliphatic heterocycles. The van der Waals surface area contributed by atoms with E-state index in [0.29, 0.717) is 5.41 Å². The van der Waals surface area contributed by atoms with Crippen LogP contribution in [-0.2, 0) is 9.47 Å². The largest absolute Gasteiger partial charge is 0.347 e. The molecule has 3 aliphatic rings. The van der Waals surface area contributed by atoms with Crippen LogP contribution in [0.15, 0.2) is 11.6 Å². The lowest BCUT2D eigenvalue weighted by atomic mass is 9.64. The van der Waals surface area contributed by atoms with Crippen molar-refractivity contribution in [1.82, 2.24) is 0 Å². The maximum atomic E-state index is 5.88. The lowest BCUT2D eigenvalue weighted by Crippen LogP contribution is -2.43. The minimum atomic E-state index is -0.245. The highest BCUT2D eigenvalue weighted by Crippen LogP contribution is 2.53. The predicted molar refractivity (Wildman–Crippen MR) is 71.2 cm³/mol. The van der Waals surface area contributed by atoms with Crippen molar-refractivity contribution in [2.24, 2.45) is 5.41 Å². The number of fused-ring (bicyclic) bond motifs is 1. The van der Waals surface area contributed by atoms with Gasteiger partial charge in [-0.15, -0.1) is 0 Å². The smallest absolute Gasteiger partial charge is 0.172 e. The first-order valence-electron chi connectivity index (χ1n) is 6.75. The first kappa shape index (κ1) is 12.1. The number of rotatable bonds is 2. The van der Waals surface area contributed by atoms with Crippen molar-refractivity contribution < 1.29 is 9.47 Å². The summed E-state index contributed by atoms with van der Waals surface area (Å²) in [6, 6.07) is 0. The molecule has 0 aromatic carbocycles. The summed E-state index contributed by atoms with van der Waals surface area (Å²) >= 11 is 1.99. The number of thioether (sulfide) groups is 1. The summed E-state index contributed by atoms with van der Waals surface area (Å²) in [5.41, 5.74) is 2.10. The third kappa shape index (κ3) is 2.06. The Morgan fingerprint density at radius 3 is 2.82 bits per heavy atom. The van der Waals surface area contributed by atoms with E-state index in [9.17, 15) is 0 Å². The molecule has 3 heteroatoms. The summed E-state index contributed by atoms with van der Waals surface area (Å²) < 4.78 is 11.8. The van der Waals surface area contributed by atoms with Crippen LogP contribution in [0, 0.1) is 5.41 Å². The molecule has 0 bridgehead atoms. The van der Waals surface area contributed by atoms with Crippen molar-refractivity contribution in [3.63, 3.8) is 0 Å². The van der Waals surface area contributed by atoms with E-state index in [2.05, 4.69) is 12.3 Å². The molecular formula is C14H22O2S. The van der Waals surface area contributed by atoms with Crippen LogP contribution < -0.4 is 0 Å². The molecule has 2 fully saturated rings. The van der Waals surface area contributed by atoms with Gasteiger partial charge in [-0.3, -0.25) is 0 Å². The van der Waals surface area contributed by atoms with E-state index >= 15 is 0 Å². The highest BCUT2D eigenvalue weighted by molar-refractivity contribution is 7.98. The van der Waals surface area contributed by atoms with Crippen LogP contribution >= 0.6 is 11.8 Å². The highest BCUT2D eigenvalue weighted by atomic mass is 32.2. The maximum absolute atomic E-state index is 5.88. The number of allylic oxidation sites excluding steroid dienone is 1. The summed E-state index contributed by atoms with van der Waals surface area (Å²) in [6.45, 7) is 1.56. The molecule has 0 aromatic heterocycles. The Labute approximate surface area is 108 Å². The molecule has 0 N–H and O–H groups in total. The fraction of sp³-hybridized carbons (Fsp3) is 0.857. The summed E-state index contributed by atoms with van der Waals surface area (Å²) in [4.78, 5) is 0. The van der Waals surface area contributed by atoms with Gasteiger partial charge in [-0.2, -0.15) is 11.8 Å². The van der Waals surface area contributed by atoms with Gasteiger partial charge in [0, 0.05) is 24.0 Å². The van der Waals surface area contributed by atoms with E-state index < -0.39 is 0 Å². The van der Waals surface area contributed by atoms with E-state index in [0.717, 1.165) is 26.1 Å². The third-order valence-electron chi connectivity index (χ3n) is 4.61. The van der Waals surface area contributed by atoms with Crippen molar-refractivity contribution in [1.29, 1.82) is 0 Å². The van der Waals surface area contributed by atoms with E-state index in [1.165, 1.54) is 31.4 Å². The van der Waals surface area contributed by atoms with Gasteiger partial charge in [0.2, 0.25) is 0 Å². The van der Waals surface area contributed by atoms with Crippen LogP contribution in [0.3, 0.4) is 0 Å². The highest BCUT2D eigenvalue weighted by Gasteiger charge is 2.49. The Morgan fingerprint density at radius 2 is 2.06 bits per heavy atom. The first-order valence-corrected chi connectivity index (χ1v) is 8.14. The van der Waals surface area contributed by atoms with Gasteiger partial charge in [0.25, 0.3) is 0 Å².